The first-order valence-corrected chi connectivity index (χ1v) is 7.01. The summed E-state index contributed by atoms with van der Waals surface area (Å²) >= 11 is 0. The van der Waals surface area contributed by atoms with Crippen LogP contribution in [0.3, 0.4) is 0 Å². The third-order valence-corrected chi connectivity index (χ3v) is 3.59. The van der Waals surface area contributed by atoms with Crippen LogP contribution in [0.5, 0.6) is 0 Å². The summed E-state index contributed by atoms with van der Waals surface area (Å²) in [6, 6.07) is 10.8. The van der Waals surface area contributed by atoms with E-state index in [0.717, 1.165) is 26.2 Å². The maximum atomic E-state index is 3.37. The van der Waals surface area contributed by atoms with E-state index in [0.29, 0.717) is 0 Å². The maximum Gasteiger partial charge on any atom is 0.0104 e. The Morgan fingerprint density at radius 2 is 1.78 bits per heavy atom. The second kappa shape index (κ2) is 7.55. The van der Waals surface area contributed by atoms with Crippen LogP contribution in [0.25, 0.3) is 0 Å². The van der Waals surface area contributed by atoms with Crippen LogP contribution in [0.1, 0.15) is 32.8 Å². The minimum absolute atomic E-state index is 0.258. The highest BCUT2D eigenvalue weighted by Crippen LogP contribution is 2.26. The van der Waals surface area contributed by atoms with Gasteiger partial charge in [0.25, 0.3) is 0 Å². The molecule has 1 aromatic rings. The third-order valence-electron chi connectivity index (χ3n) is 3.59. The van der Waals surface area contributed by atoms with Crippen molar-refractivity contribution in [1.29, 1.82) is 0 Å². The quantitative estimate of drug-likeness (QED) is 0.712. The van der Waals surface area contributed by atoms with Gasteiger partial charge in [-0.3, -0.25) is 0 Å². The largest absolute Gasteiger partial charge is 0.316 e. The van der Waals surface area contributed by atoms with Gasteiger partial charge in [0.05, 0.1) is 0 Å². The second-order valence-electron chi connectivity index (χ2n) is 5.66. The van der Waals surface area contributed by atoms with Gasteiger partial charge in [-0.15, -0.1) is 0 Å². The lowest BCUT2D eigenvalue weighted by molar-refractivity contribution is 0.294. The van der Waals surface area contributed by atoms with Gasteiger partial charge in [-0.1, -0.05) is 51.1 Å². The summed E-state index contributed by atoms with van der Waals surface area (Å²) in [7, 11) is 2.21. The van der Waals surface area contributed by atoms with Crippen molar-refractivity contribution in [2.45, 2.75) is 32.6 Å². The molecule has 0 spiro atoms. The summed E-state index contributed by atoms with van der Waals surface area (Å²) in [6.07, 6.45) is 1.19. The minimum Gasteiger partial charge on any atom is -0.316 e. The van der Waals surface area contributed by atoms with Crippen molar-refractivity contribution in [3.05, 3.63) is 35.9 Å². The fourth-order valence-corrected chi connectivity index (χ4v) is 2.06. The standard InChI is InChI=1S/C16H28N2/c1-5-17-12-14-18(4)13-11-16(2,3)15-9-7-6-8-10-15/h6-10,17H,5,11-14H2,1-4H3. The van der Waals surface area contributed by atoms with Gasteiger partial charge in [-0.25, -0.2) is 0 Å². The van der Waals surface area contributed by atoms with Gasteiger partial charge in [0.1, 0.15) is 0 Å². The van der Waals surface area contributed by atoms with Crippen LogP contribution >= 0.6 is 0 Å². The topological polar surface area (TPSA) is 15.3 Å². The van der Waals surface area contributed by atoms with E-state index in [1.165, 1.54) is 12.0 Å². The Bertz CT molecular complexity index is 319. The average molecular weight is 248 g/mol. The Labute approximate surface area is 112 Å². The van der Waals surface area contributed by atoms with Gasteiger partial charge >= 0.3 is 0 Å². The number of rotatable bonds is 8. The van der Waals surface area contributed by atoms with Crippen LogP contribution in [-0.4, -0.2) is 38.1 Å². The summed E-state index contributed by atoms with van der Waals surface area (Å²) in [6.45, 7) is 11.2. The molecule has 0 fully saturated rings. The highest BCUT2D eigenvalue weighted by Gasteiger charge is 2.20. The molecule has 0 aromatic heterocycles. The summed E-state index contributed by atoms with van der Waals surface area (Å²) in [5.41, 5.74) is 1.69. The van der Waals surface area contributed by atoms with E-state index < -0.39 is 0 Å². The third kappa shape index (κ3) is 5.19. The van der Waals surface area contributed by atoms with Gasteiger partial charge in [-0.2, -0.15) is 0 Å². The molecule has 0 bridgehead atoms. The Balaban J connectivity index is 2.37. The SMILES string of the molecule is CCNCCN(C)CCC(C)(C)c1ccccc1. The smallest absolute Gasteiger partial charge is 0.0104 e. The molecule has 0 heterocycles. The van der Waals surface area contributed by atoms with E-state index in [1.54, 1.807) is 0 Å². The molecular formula is C16H28N2. The van der Waals surface area contributed by atoms with Gasteiger partial charge in [0, 0.05) is 13.1 Å². The molecular weight excluding hydrogens is 220 g/mol. The van der Waals surface area contributed by atoms with Gasteiger partial charge < -0.3 is 10.2 Å². The number of hydrogen-bond acceptors (Lipinski definition) is 2. The molecule has 18 heavy (non-hydrogen) atoms. The van der Waals surface area contributed by atoms with Crippen LogP contribution in [-0.2, 0) is 5.41 Å². The molecule has 0 radical (unpaired) electrons. The summed E-state index contributed by atoms with van der Waals surface area (Å²) in [5.74, 6) is 0. The Morgan fingerprint density at radius 1 is 1.11 bits per heavy atom. The Hall–Kier alpha value is -0.860. The molecule has 2 nitrogen and oxygen atoms in total. The molecule has 1 aromatic carbocycles. The van der Waals surface area contributed by atoms with E-state index in [1.807, 2.05) is 0 Å². The number of nitrogens with one attached hydrogen (secondary N) is 1. The minimum atomic E-state index is 0.258. The lowest BCUT2D eigenvalue weighted by Gasteiger charge is -2.28. The van der Waals surface area contributed by atoms with Gasteiger partial charge in [0.15, 0.2) is 0 Å². The molecule has 0 aliphatic heterocycles. The number of likely N-dealkylation sites (N-methyl/N-ethyl adjacent to an activating group) is 2. The molecule has 102 valence electrons. The fraction of sp³-hybridized carbons (Fsp3) is 0.625. The molecule has 0 saturated heterocycles. The van der Waals surface area contributed by atoms with Crippen molar-refractivity contribution in [1.82, 2.24) is 10.2 Å². The molecule has 0 aliphatic rings. The number of hydrogen-bond donors (Lipinski definition) is 1. The van der Waals surface area contributed by atoms with Gasteiger partial charge in [-0.05, 0) is 37.5 Å². The lowest BCUT2D eigenvalue weighted by Crippen LogP contribution is -2.32. The number of benzene rings is 1. The summed E-state index contributed by atoms with van der Waals surface area (Å²) < 4.78 is 0. The Kier molecular flexibility index (Phi) is 6.37. The molecule has 0 amide bonds. The van der Waals surface area contributed by atoms with Crippen LogP contribution in [0.15, 0.2) is 30.3 Å². The predicted molar refractivity (Wildman–Crippen MR) is 80.1 cm³/mol. The monoisotopic (exact) mass is 248 g/mol. The summed E-state index contributed by atoms with van der Waals surface area (Å²) in [5, 5.41) is 3.37. The molecule has 0 atom stereocenters. The second-order valence-corrected chi connectivity index (χ2v) is 5.66. The maximum absolute atomic E-state index is 3.37. The zero-order valence-electron chi connectivity index (χ0n) is 12.4. The van der Waals surface area contributed by atoms with Crippen LogP contribution in [0.2, 0.25) is 0 Å². The zero-order valence-corrected chi connectivity index (χ0v) is 12.4. The molecule has 1 rings (SSSR count). The van der Waals surface area contributed by atoms with Crippen molar-refractivity contribution >= 4 is 0 Å². The van der Waals surface area contributed by atoms with E-state index in [9.17, 15) is 0 Å². The van der Waals surface area contributed by atoms with Gasteiger partial charge in [0.2, 0.25) is 0 Å². The molecule has 1 N–H and O–H groups in total. The first kappa shape index (κ1) is 15.2. The average Bonchev–Trinajstić information content (AvgIpc) is 2.38. The normalized spacial score (nSPS) is 12.1. The van der Waals surface area contributed by atoms with Crippen molar-refractivity contribution in [2.75, 3.05) is 33.2 Å². The van der Waals surface area contributed by atoms with Crippen molar-refractivity contribution < 1.29 is 0 Å². The van der Waals surface area contributed by atoms with Crippen LogP contribution in [0, 0.1) is 0 Å². The Morgan fingerprint density at radius 3 is 2.39 bits per heavy atom. The van der Waals surface area contributed by atoms with Crippen molar-refractivity contribution in [2.24, 2.45) is 0 Å². The first-order chi connectivity index (χ1) is 8.56. The van der Waals surface area contributed by atoms with Crippen molar-refractivity contribution in [3.8, 4) is 0 Å². The van der Waals surface area contributed by atoms with E-state index >= 15 is 0 Å². The highest BCUT2D eigenvalue weighted by atomic mass is 15.1. The lowest BCUT2D eigenvalue weighted by atomic mass is 9.81. The molecule has 2 heteroatoms. The molecule has 0 unspecified atom stereocenters. The van der Waals surface area contributed by atoms with E-state index in [-0.39, 0.29) is 5.41 Å². The van der Waals surface area contributed by atoms with Crippen LogP contribution < -0.4 is 5.32 Å². The van der Waals surface area contributed by atoms with E-state index in [2.05, 4.69) is 68.4 Å². The number of nitrogens with zero attached hydrogens (tertiary/aromatic N) is 1. The molecule has 0 aliphatic carbocycles. The summed E-state index contributed by atoms with van der Waals surface area (Å²) in [4.78, 5) is 2.41. The van der Waals surface area contributed by atoms with Crippen LogP contribution in [0.4, 0.5) is 0 Å². The van der Waals surface area contributed by atoms with E-state index in [4.69, 9.17) is 0 Å². The predicted octanol–water partition coefficient (Wildman–Crippen LogP) is 2.90. The molecule has 0 saturated carbocycles. The van der Waals surface area contributed by atoms with Crippen molar-refractivity contribution in [3.63, 3.8) is 0 Å². The zero-order chi connectivity index (χ0) is 13.4. The first-order valence-electron chi connectivity index (χ1n) is 7.01. The highest BCUT2D eigenvalue weighted by molar-refractivity contribution is 5.23. The fourth-order valence-electron chi connectivity index (χ4n) is 2.06.